The van der Waals surface area contributed by atoms with Crippen molar-refractivity contribution in [2.45, 2.75) is 25.8 Å². The first-order valence-electron chi connectivity index (χ1n) is 6.88. The maximum absolute atomic E-state index is 11.9. The van der Waals surface area contributed by atoms with Gasteiger partial charge in [0.2, 0.25) is 5.91 Å². The van der Waals surface area contributed by atoms with E-state index < -0.39 is 0 Å². The summed E-state index contributed by atoms with van der Waals surface area (Å²) in [6, 6.07) is 5.77. The molecule has 0 radical (unpaired) electrons. The van der Waals surface area contributed by atoms with E-state index >= 15 is 0 Å². The molecule has 1 aliphatic heterocycles. The third kappa shape index (κ3) is 3.52. The van der Waals surface area contributed by atoms with Crippen LogP contribution < -0.4 is 10.5 Å². The molecule has 4 heteroatoms. The summed E-state index contributed by atoms with van der Waals surface area (Å²) >= 11 is 0. The van der Waals surface area contributed by atoms with Gasteiger partial charge in [0.1, 0.15) is 5.75 Å². The molecule has 1 aromatic carbocycles. The molecular formula is C16H20N2O2. The monoisotopic (exact) mass is 272 g/mol. The molecule has 1 fully saturated rings. The van der Waals surface area contributed by atoms with Crippen LogP contribution in [0.25, 0.3) is 0 Å². The summed E-state index contributed by atoms with van der Waals surface area (Å²) in [6.07, 6.45) is 2.71. The number of carbonyl (C=O) groups is 1. The minimum atomic E-state index is 0.219. The summed E-state index contributed by atoms with van der Waals surface area (Å²) in [5, 5.41) is 0. The van der Waals surface area contributed by atoms with Gasteiger partial charge in [-0.3, -0.25) is 4.79 Å². The Kier molecular flexibility index (Phi) is 5.03. The fraction of sp³-hybridized carbons (Fsp3) is 0.438. The normalized spacial score (nSPS) is 14.7. The molecule has 2 N–H and O–H groups in total. The zero-order valence-electron chi connectivity index (χ0n) is 11.8. The number of ether oxygens (including phenoxy) is 1. The van der Waals surface area contributed by atoms with E-state index in [1.807, 2.05) is 23.1 Å². The number of methoxy groups -OCH3 is 1. The van der Waals surface area contributed by atoms with E-state index in [9.17, 15) is 4.79 Å². The Hall–Kier alpha value is -1.99. The molecule has 1 amide bonds. The first-order chi connectivity index (χ1) is 9.74. The van der Waals surface area contributed by atoms with Crippen molar-refractivity contribution in [1.29, 1.82) is 0 Å². The molecule has 0 bridgehead atoms. The van der Waals surface area contributed by atoms with Gasteiger partial charge in [0.25, 0.3) is 0 Å². The second-order valence-electron chi connectivity index (χ2n) is 4.80. The van der Waals surface area contributed by atoms with Crippen molar-refractivity contribution in [1.82, 2.24) is 4.90 Å². The topological polar surface area (TPSA) is 55.6 Å². The Morgan fingerprint density at radius 1 is 1.40 bits per heavy atom. The van der Waals surface area contributed by atoms with E-state index in [2.05, 4.69) is 11.8 Å². The van der Waals surface area contributed by atoms with Gasteiger partial charge in [-0.2, -0.15) is 0 Å². The summed E-state index contributed by atoms with van der Waals surface area (Å²) in [5.74, 6) is 6.86. The number of benzene rings is 1. The summed E-state index contributed by atoms with van der Waals surface area (Å²) in [6.45, 7) is 1.74. The molecule has 4 nitrogen and oxygen atoms in total. The van der Waals surface area contributed by atoms with Crippen LogP contribution in [-0.2, 0) is 11.3 Å². The fourth-order valence-corrected chi connectivity index (χ4v) is 2.37. The molecule has 1 heterocycles. The van der Waals surface area contributed by atoms with Crippen molar-refractivity contribution in [3.05, 3.63) is 29.3 Å². The zero-order chi connectivity index (χ0) is 14.4. The van der Waals surface area contributed by atoms with Crippen LogP contribution in [0.15, 0.2) is 18.2 Å². The lowest BCUT2D eigenvalue weighted by atomic mass is 10.1. The number of carbonyl (C=O) groups excluding carboxylic acids is 1. The van der Waals surface area contributed by atoms with Crippen molar-refractivity contribution >= 4 is 5.91 Å². The highest BCUT2D eigenvalue weighted by Crippen LogP contribution is 2.23. The molecule has 0 unspecified atom stereocenters. The summed E-state index contributed by atoms with van der Waals surface area (Å²) in [7, 11) is 1.64. The lowest BCUT2D eigenvalue weighted by molar-refractivity contribution is -0.133. The number of rotatable bonds is 3. The van der Waals surface area contributed by atoms with Gasteiger partial charge < -0.3 is 15.4 Å². The number of hydrogen-bond acceptors (Lipinski definition) is 3. The molecule has 1 aliphatic rings. The SMILES string of the molecule is COc1ccc(C#CCN)cc1CN1CCCCC1=O. The Morgan fingerprint density at radius 3 is 2.95 bits per heavy atom. The Bertz CT molecular complexity index is 543. The molecular weight excluding hydrogens is 252 g/mol. The van der Waals surface area contributed by atoms with Crippen molar-refractivity contribution in [3.63, 3.8) is 0 Å². The lowest BCUT2D eigenvalue weighted by Crippen LogP contribution is -2.34. The molecule has 1 aromatic rings. The molecule has 106 valence electrons. The maximum Gasteiger partial charge on any atom is 0.222 e. The van der Waals surface area contributed by atoms with E-state index in [0.29, 0.717) is 19.5 Å². The highest BCUT2D eigenvalue weighted by molar-refractivity contribution is 5.76. The maximum atomic E-state index is 11.9. The van der Waals surface area contributed by atoms with Crippen LogP contribution in [0.4, 0.5) is 0 Å². The minimum absolute atomic E-state index is 0.219. The van der Waals surface area contributed by atoms with Crippen molar-refractivity contribution < 1.29 is 9.53 Å². The molecule has 0 aromatic heterocycles. The Morgan fingerprint density at radius 2 is 2.25 bits per heavy atom. The number of piperidine rings is 1. The van der Waals surface area contributed by atoms with Gasteiger partial charge in [-0.1, -0.05) is 11.8 Å². The van der Waals surface area contributed by atoms with Gasteiger partial charge >= 0.3 is 0 Å². The highest BCUT2D eigenvalue weighted by Gasteiger charge is 2.19. The van der Waals surface area contributed by atoms with Gasteiger partial charge in [-0.25, -0.2) is 0 Å². The largest absolute Gasteiger partial charge is 0.496 e. The van der Waals surface area contributed by atoms with Crippen molar-refractivity contribution in [2.75, 3.05) is 20.2 Å². The first kappa shape index (κ1) is 14.4. The van der Waals surface area contributed by atoms with Crippen LogP contribution in [0.5, 0.6) is 5.75 Å². The second kappa shape index (κ2) is 6.97. The molecule has 2 rings (SSSR count). The number of likely N-dealkylation sites (tertiary alicyclic amines) is 1. The predicted octanol–water partition coefficient (Wildman–Crippen LogP) is 1.52. The average molecular weight is 272 g/mol. The van der Waals surface area contributed by atoms with Gasteiger partial charge in [0.15, 0.2) is 0 Å². The lowest BCUT2D eigenvalue weighted by Gasteiger charge is -2.27. The predicted molar refractivity (Wildman–Crippen MR) is 78.2 cm³/mol. The van der Waals surface area contributed by atoms with Gasteiger partial charge in [0.05, 0.1) is 13.7 Å². The summed E-state index contributed by atoms with van der Waals surface area (Å²) in [5.41, 5.74) is 7.28. The number of amides is 1. The van der Waals surface area contributed by atoms with E-state index in [4.69, 9.17) is 10.5 Å². The van der Waals surface area contributed by atoms with Gasteiger partial charge in [-0.05, 0) is 31.0 Å². The summed E-state index contributed by atoms with van der Waals surface area (Å²) < 4.78 is 5.37. The molecule has 1 saturated heterocycles. The van der Waals surface area contributed by atoms with Crippen LogP contribution in [0.2, 0.25) is 0 Å². The van der Waals surface area contributed by atoms with Crippen molar-refractivity contribution in [2.24, 2.45) is 5.73 Å². The molecule has 0 saturated carbocycles. The standard InChI is InChI=1S/C16H20N2O2/c1-20-15-8-7-13(5-4-9-17)11-14(15)12-18-10-3-2-6-16(18)19/h7-8,11H,2-3,6,9-10,12,17H2,1H3. The van der Waals surface area contributed by atoms with Crippen molar-refractivity contribution in [3.8, 4) is 17.6 Å². The van der Waals surface area contributed by atoms with Gasteiger partial charge in [0, 0.05) is 30.6 Å². The van der Waals surface area contributed by atoms with E-state index in [1.54, 1.807) is 7.11 Å². The number of nitrogens with two attached hydrogens (primary N) is 1. The Balaban J connectivity index is 2.21. The van der Waals surface area contributed by atoms with E-state index in [-0.39, 0.29) is 5.91 Å². The minimum Gasteiger partial charge on any atom is -0.496 e. The Labute approximate surface area is 119 Å². The van der Waals surface area contributed by atoms with Crippen LogP contribution in [0, 0.1) is 11.8 Å². The second-order valence-corrected chi connectivity index (χ2v) is 4.80. The highest BCUT2D eigenvalue weighted by atomic mass is 16.5. The van der Waals surface area contributed by atoms with Crippen LogP contribution in [-0.4, -0.2) is 31.0 Å². The molecule has 0 aliphatic carbocycles. The summed E-state index contributed by atoms with van der Waals surface area (Å²) in [4.78, 5) is 13.8. The van der Waals surface area contributed by atoms with Gasteiger partial charge in [-0.15, -0.1) is 0 Å². The van der Waals surface area contributed by atoms with E-state index in [1.165, 1.54) is 0 Å². The first-order valence-corrected chi connectivity index (χ1v) is 6.88. The van der Waals surface area contributed by atoms with Crippen LogP contribution >= 0.6 is 0 Å². The molecule has 0 spiro atoms. The smallest absolute Gasteiger partial charge is 0.222 e. The quantitative estimate of drug-likeness (QED) is 0.849. The number of nitrogens with zero attached hydrogens (tertiary/aromatic N) is 1. The number of hydrogen-bond donors (Lipinski definition) is 1. The third-order valence-corrected chi connectivity index (χ3v) is 3.40. The van der Waals surface area contributed by atoms with Crippen LogP contribution in [0.1, 0.15) is 30.4 Å². The molecule has 20 heavy (non-hydrogen) atoms. The molecule has 0 atom stereocenters. The third-order valence-electron chi connectivity index (χ3n) is 3.40. The fourth-order valence-electron chi connectivity index (χ4n) is 2.37. The van der Waals surface area contributed by atoms with Crippen LogP contribution in [0.3, 0.4) is 0 Å². The average Bonchev–Trinajstić information content (AvgIpc) is 2.48. The zero-order valence-corrected chi connectivity index (χ0v) is 11.8. The van der Waals surface area contributed by atoms with E-state index in [0.717, 1.165) is 36.3 Å².